The van der Waals surface area contributed by atoms with Gasteiger partial charge in [-0.1, -0.05) is 18.2 Å². The number of hydrogen-bond acceptors (Lipinski definition) is 5. The first-order valence-electron chi connectivity index (χ1n) is 9.32. The minimum atomic E-state index is -1.03. The van der Waals surface area contributed by atoms with Crippen molar-refractivity contribution in [1.82, 2.24) is 10.2 Å². The number of fused-ring (bicyclic) bond motifs is 1. The molecule has 2 N–H and O–H groups in total. The van der Waals surface area contributed by atoms with Gasteiger partial charge in [0.05, 0.1) is 17.0 Å². The molecule has 0 spiro atoms. The molecule has 0 aliphatic carbocycles. The number of anilines is 1. The van der Waals surface area contributed by atoms with E-state index in [4.69, 9.17) is 11.6 Å². The summed E-state index contributed by atoms with van der Waals surface area (Å²) in [6, 6.07) is 8.42. The highest BCUT2D eigenvalue weighted by atomic mass is 35.5. The van der Waals surface area contributed by atoms with E-state index in [2.05, 4.69) is 10.6 Å². The zero-order valence-electron chi connectivity index (χ0n) is 15.7. The molecule has 7 nitrogen and oxygen atoms in total. The van der Waals surface area contributed by atoms with Crippen molar-refractivity contribution in [2.75, 3.05) is 5.32 Å². The summed E-state index contributed by atoms with van der Waals surface area (Å²) in [4.78, 5) is 50.3. The van der Waals surface area contributed by atoms with Gasteiger partial charge < -0.3 is 5.32 Å². The number of carbonyl (C=O) groups is 4. The molecule has 2 aromatic rings. The zero-order chi connectivity index (χ0) is 21.4. The van der Waals surface area contributed by atoms with Gasteiger partial charge in [0.2, 0.25) is 11.8 Å². The SMILES string of the molecule is O=C1CCC(N2C(=O)c3cccc(NCc4ccc(CCl)c(F)c4)c3C2=O)C(=O)N1. The third-order valence-corrected chi connectivity index (χ3v) is 5.50. The van der Waals surface area contributed by atoms with Gasteiger partial charge in [0, 0.05) is 24.2 Å². The molecule has 0 saturated carbocycles. The normalized spacial score (nSPS) is 18.5. The lowest BCUT2D eigenvalue weighted by Crippen LogP contribution is -2.54. The van der Waals surface area contributed by atoms with Crippen LogP contribution >= 0.6 is 11.6 Å². The van der Waals surface area contributed by atoms with E-state index in [1.807, 2.05) is 0 Å². The number of alkyl halides is 1. The summed E-state index contributed by atoms with van der Waals surface area (Å²) >= 11 is 5.67. The lowest BCUT2D eigenvalue weighted by Gasteiger charge is -2.27. The van der Waals surface area contributed by atoms with E-state index in [0.717, 1.165) is 4.90 Å². The number of hydrogen-bond donors (Lipinski definition) is 2. The number of imide groups is 2. The van der Waals surface area contributed by atoms with E-state index in [-0.39, 0.29) is 36.4 Å². The van der Waals surface area contributed by atoms with Crippen molar-refractivity contribution in [3.63, 3.8) is 0 Å². The Morgan fingerprint density at radius 2 is 1.93 bits per heavy atom. The van der Waals surface area contributed by atoms with Crippen LogP contribution in [0.3, 0.4) is 0 Å². The summed E-state index contributed by atoms with van der Waals surface area (Å²) in [7, 11) is 0. The summed E-state index contributed by atoms with van der Waals surface area (Å²) in [5.74, 6) is -2.62. The summed E-state index contributed by atoms with van der Waals surface area (Å²) in [5, 5.41) is 5.23. The van der Waals surface area contributed by atoms with Crippen LogP contribution in [0, 0.1) is 5.82 Å². The van der Waals surface area contributed by atoms with Gasteiger partial charge in [-0.05, 0) is 30.2 Å². The summed E-state index contributed by atoms with van der Waals surface area (Å²) in [6.07, 6.45) is 0.143. The van der Waals surface area contributed by atoms with Crippen molar-refractivity contribution in [3.05, 3.63) is 64.5 Å². The van der Waals surface area contributed by atoms with Gasteiger partial charge in [-0.3, -0.25) is 29.4 Å². The average molecular weight is 430 g/mol. The summed E-state index contributed by atoms with van der Waals surface area (Å²) in [6.45, 7) is 0.218. The second-order valence-corrected chi connectivity index (χ2v) is 7.36. The largest absolute Gasteiger partial charge is 0.380 e. The van der Waals surface area contributed by atoms with E-state index in [0.29, 0.717) is 16.8 Å². The molecular formula is C21H17ClFN3O4. The fourth-order valence-electron chi connectivity index (χ4n) is 3.67. The summed E-state index contributed by atoms with van der Waals surface area (Å²) < 4.78 is 14.0. The maximum absolute atomic E-state index is 14.0. The van der Waals surface area contributed by atoms with Crippen LogP contribution in [0.1, 0.15) is 44.7 Å². The molecule has 2 heterocycles. The van der Waals surface area contributed by atoms with Crippen molar-refractivity contribution in [3.8, 4) is 0 Å². The molecule has 0 radical (unpaired) electrons. The van der Waals surface area contributed by atoms with Crippen LogP contribution in [0.2, 0.25) is 0 Å². The van der Waals surface area contributed by atoms with Crippen molar-refractivity contribution in [1.29, 1.82) is 0 Å². The van der Waals surface area contributed by atoms with E-state index in [1.165, 1.54) is 12.1 Å². The Hall–Kier alpha value is -3.26. The summed E-state index contributed by atoms with van der Waals surface area (Å²) in [5.41, 5.74) is 1.77. The zero-order valence-corrected chi connectivity index (χ0v) is 16.5. The monoisotopic (exact) mass is 429 g/mol. The highest BCUT2D eigenvalue weighted by molar-refractivity contribution is 6.25. The molecular weight excluding hydrogens is 413 g/mol. The van der Waals surface area contributed by atoms with Crippen molar-refractivity contribution < 1.29 is 23.6 Å². The van der Waals surface area contributed by atoms with Gasteiger partial charge in [0.15, 0.2) is 0 Å². The lowest BCUT2D eigenvalue weighted by atomic mass is 10.0. The number of benzene rings is 2. The number of piperidine rings is 1. The van der Waals surface area contributed by atoms with E-state index >= 15 is 0 Å². The molecule has 0 aromatic heterocycles. The number of rotatable bonds is 5. The standard InChI is InChI=1S/C21H17ClFN3O4/c22-9-12-5-4-11(8-14(12)23)10-24-15-3-1-2-13-18(15)21(30)26(20(13)29)16-6-7-17(27)25-19(16)28/h1-5,8,16,24H,6-7,9-10H2,(H,25,27,28). The number of nitrogens with one attached hydrogen (secondary N) is 2. The molecule has 154 valence electrons. The molecule has 9 heteroatoms. The average Bonchev–Trinajstić information content (AvgIpc) is 2.98. The number of halogens is 2. The molecule has 0 bridgehead atoms. The molecule has 1 saturated heterocycles. The number of amides is 4. The van der Waals surface area contributed by atoms with Gasteiger partial charge in [-0.25, -0.2) is 4.39 Å². The van der Waals surface area contributed by atoms with Gasteiger partial charge in [-0.2, -0.15) is 0 Å². The van der Waals surface area contributed by atoms with Crippen molar-refractivity contribution in [2.24, 2.45) is 0 Å². The maximum Gasteiger partial charge on any atom is 0.264 e. The van der Waals surface area contributed by atoms with Crippen LogP contribution in [-0.4, -0.2) is 34.6 Å². The molecule has 4 rings (SSSR count). The van der Waals surface area contributed by atoms with Gasteiger partial charge >= 0.3 is 0 Å². The first-order valence-corrected chi connectivity index (χ1v) is 9.86. The second kappa shape index (κ2) is 7.87. The molecule has 2 aliphatic heterocycles. The van der Waals surface area contributed by atoms with E-state index in [9.17, 15) is 23.6 Å². The quantitative estimate of drug-likeness (QED) is 0.562. The molecule has 2 aromatic carbocycles. The predicted octanol–water partition coefficient (Wildman–Crippen LogP) is 2.58. The van der Waals surface area contributed by atoms with Crippen LogP contribution < -0.4 is 10.6 Å². The van der Waals surface area contributed by atoms with Gasteiger partial charge in [0.1, 0.15) is 11.9 Å². The fraction of sp³-hybridized carbons (Fsp3) is 0.238. The van der Waals surface area contributed by atoms with Crippen LogP contribution in [0.15, 0.2) is 36.4 Å². The Labute approximate surface area is 176 Å². The Balaban J connectivity index is 1.58. The minimum Gasteiger partial charge on any atom is -0.380 e. The highest BCUT2D eigenvalue weighted by Crippen LogP contribution is 2.32. The van der Waals surface area contributed by atoms with Gasteiger partial charge in [0.25, 0.3) is 11.8 Å². The first kappa shape index (κ1) is 20.0. The molecule has 1 unspecified atom stereocenters. The van der Waals surface area contributed by atoms with E-state index in [1.54, 1.807) is 24.3 Å². The Morgan fingerprint density at radius 3 is 2.63 bits per heavy atom. The second-order valence-electron chi connectivity index (χ2n) is 7.09. The number of carbonyl (C=O) groups excluding carboxylic acids is 4. The van der Waals surface area contributed by atoms with Crippen LogP contribution in [0.5, 0.6) is 0 Å². The first-order chi connectivity index (χ1) is 14.4. The third-order valence-electron chi connectivity index (χ3n) is 5.21. The lowest BCUT2D eigenvalue weighted by molar-refractivity contribution is -0.136. The number of nitrogens with zero attached hydrogens (tertiary/aromatic N) is 1. The third kappa shape index (κ3) is 3.43. The highest BCUT2D eigenvalue weighted by Gasteiger charge is 2.45. The van der Waals surface area contributed by atoms with Crippen molar-refractivity contribution >= 4 is 40.9 Å². The van der Waals surface area contributed by atoms with Crippen LogP contribution in [0.25, 0.3) is 0 Å². The molecule has 2 aliphatic rings. The van der Waals surface area contributed by atoms with Gasteiger partial charge in [-0.15, -0.1) is 11.6 Å². The minimum absolute atomic E-state index is 0.0543. The maximum atomic E-state index is 14.0. The molecule has 4 amide bonds. The molecule has 30 heavy (non-hydrogen) atoms. The fourth-order valence-corrected chi connectivity index (χ4v) is 3.89. The van der Waals surface area contributed by atoms with Crippen LogP contribution in [0.4, 0.5) is 10.1 Å². The Bertz CT molecular complexity index is 1090. The predicted molar refractivity (Wildman–Crippen MR) is 106 cm³/mol. The van der Waals surface area contributed by atoms with E-state index < -0.39 is 35.5 Å². The van der Waals surface area contributed by atoms with Crippen LogP contribution in [-0.2, 0) is 22.0 Å². The topological polar surface area (TPSA) is 95.6 Å². The Morgan fingerprint density at radius 1 is 1.13 bits per heavy atom. The smallest absolute Gasteiger partial charge is 0.264 e. The molecule has 1 fully saturated rings. The van der Waals surface area contributed by atoms with Crippen molar-refractivity contribution in [2.45, 2.75) is 31.3 Å². The molecule has 1 atom stereocenters. The Kier molecular flexibility index (Phi) is 5.26.